The molecule has 0 radical (unpaired) electrons. The molecule has 0 spiro atoms. The number of rotatable bonds is 5. The molecule has 0 amide bonds. The van der Waals surface area contributed by atoms with Gasteiger partial charge in [-0.05, 0) is 95.4 Å². The van der Waals surface area contributed by atoms with Crippen LogP contribution in [0.3, 0.4) is 0 Å². The number of furan rings is 2. The van der Waals surface area contributed by atoms with Gasteiger partial charge < -0.3 is 8.83 Å². The molecule has 11 aromatic carbocycles. The maximum atomic E-state index is 6.75. The topological polar surface area (TPSA) is 26.3 Å². The average molecular weight is 827 g/mol. The van der Waals surface area contributed by atoms with Crippen LogP contribution in [-0.4, -0.2) is 0 Å². The summed E-state index contributed by atoms with van der Waals surface area (Å²) in [6.07, 6.45) is 0. The van der Waals surface area contributed by atoms with Crippen LogP contribution >= 0.6 is 0 Å². The van der Waals surface area contributed by atoms with Crippen LogP contribution in [-0.2, 0) is 5.41 Å². The molecule has 1 aliphatic rings. The Morgan fingerprint density at radius 3 is 1.22 bits per heavy atom. The fourth-order valence-electron chi connectivity index (χ4n) is 11.5. The highest BCUT2D eigenvalue weighted by Gasteiger charge is 2.47. The first-order valence-corrected chi connectivity index (χ1v) is 22.4. The van der Waals surface area contributed by atoms with E-state index in [0.29, 0.717) is 0 Å². The molecular formula is C63H38O2. The second kappa shape index (κ2) is 13.8. The molecular weight excluding hydrogens is 789 g/mol. The lowest BCUT2D eigenvalue weighted by Gasteiger charge is -2.34. The van der Waals surface area contributed by atoms with E-state index in [4.69, 9.17) is 8.83 Å². The molecule has 65 heavy (non-hydrogen) atoms. The van der Waals surface area contributed by atoms with Crippen molar-refractivity contribution < 1.29 is 8.83 Å². The highest BCUT2D eigenvalue weighted by Crippen LogP contribution is 2.59. The molecule has 0 atom stereocenters. The number of benzene rings is 11. The Kier molecular flexibility index (Phi) is 7.64. The summed E-state index contributed by atoms with van der Waals surface area (Å²) in [7, 11) is 0. The molecule has 0 unspecified atom stereocenters. The largest absolute Gasteiger partial charge is 0.455 e. The summed E-state index contributed by atoms with van der Waals surface area (Å²) >= 11 is 0. The van der Waals surface area contributed by atoms with Gasteiger partial charge in [-0.15, -0.1) is 0 Å². The van der Waals surface area contributed by atoms with E-state index in [1.165, 1.54) is 55.3 Å². The zero-order valence-corrected chi connectivity index (χ0v) is 35.3. The minimum Gasteiger partial charge on any atom is -0.455 e. The molecule has 2 heteroatoms. The Hall–Kier alpha value is -8.46. The van der Waals surface area contributed by atoms with Gasteiger partial charge in [0, 0.05) is 32.7 Å². The van der Waals surface area contributed by atoms with Crippen molar-refractivity contribution in [1.29, 1.82) is 0 Å². The summed E-state index contributed by atoms with van der Waals surface area (Å²) < 4.78 is 13.5. The number of para-hydroxylation sites is 4. The Labute approximate surface area is 375 Å². The van der Waals surface area contributed by atoms with Gasteiger partial charge in [-0.25, -0.2) is 0 Å². The van der Waals surface area contributed by atoms with Crippen molar-refractivity contribution in [3.63, 3.8) is 0 Å². The van der Waals surface area contributed by atoms with Gasteiger partial charge in [-0.2, -0.15) is 0 Å². The Balaban J connectivity index is 1.14. The van der Waals surface area contributed by atoms with E-state index >= 15 is 0 Å². The Morgan fingerprint density at radius 2 is 0.646 bits per heavy atom. The van der Waals surface area contributed by atoms with E-state index in [0.717, 1.165) is 76.9 Å². The van der Waals surface area contributed by atoms with E-state index < -0.39 is 5.41 Å². The Morgan fingerprint density at radius 1 is 0.246 bits per heavy atom. The zero-order chi connectivity index (χ0) is 42.6. The van der Waals surface area contributed by atoms with Gasteiger partial charge in [0.25, 0.3) is 0 Å². The van der Waals surface area contributed by atoms with Crippen LogP contribution in [0.4, 0.5) is 0 Å². The van der Waals surface area contributed by atoms with Gasteiger partial charge in [0.1, 0.15) is 22.3 Å². The quantitative estimate of drug-likeness (QED) is 0.162. The van der Waals surface area contributed by atoms with Crippen LogP contribution in [0.25, 0.3) is 110 Å². The molecule has 0 N–H and O–H groups in total. The normalized spacial score (nSPS) is 13.0. The maximum absolute atomic E-state index is 6.75. The lowest BCUT2D eigenvalue weighted by Crippen LogP contribution is -2.28. The van der Waals surface area contributed by atoms with Crippen LogP contribution in [0.1, 0.15) is 22.3 Å². The molecule has 1 aliphatic carbocycles. The highest BCUT2D eigenvalue weighted by molar-refractivity contribution is 6.23. The van der Waals surface area contributed by atoms with Gasteiger partial charge in [-0.3, -0.25) is 0 Å². The van der Waals surface area contributed by atoms with Crippen LogP contribution in [0.2, 0.25) is 0 Å². The molecule has 2 aromatic heterocycles. The number of fused-ring (bicyclic) bond motifs is 11. The summed E-state index contributed by atoms with van der Waals surface area (Å²) in [5.41, 5.74) is 17.4. The van der Waals surface area contributed by atoms with Crippen molar-refractivity contribution in [2.24, 2.45) is 0 Å². The maximum Gasteiger partial charge on any atom is 0.143 e. The van der Waals surface area contributed by atoms with E-state index in [2.05, 4.69) is 218 Å². The van der Waals surface area contributed by atoms with E-state index in [1.807, 2.05) is 12.1 Å². The standard InChI is InChI=1S/C63H38O2/c1-3-18-39(19-4-1)63(40-20-5-2-6-21-40)55-34-10-7-24-51(55)60-52(33-17-35-56(60)63)59-45-27-13-25-41(47-29-15-31-49-43-22-8-11-36-57(43)64-61(47)49)53(45)38-54-42(26-14-28-46(54)59)48-30-16-32-50-44-23-9-12-37-58(44)65-62(48)50/h1-38H. The molecule has 2 heterocycles. The van der Waals surface area contributed by atoms with E-state index in [-0.39, 0.29) is 0 Å². The van der Waals surface area contributed by atoms with Crippen molar-refractivity contribution >= 4 is 65.4 Å². The van der Waals surface area contributed by atoms with Crippen LogP contribution in [0.15, 0.2) is 239 Å². The number of hydrogen-bond donors (Lipinski definition) is 0. The molecule has 0 saturated heterocycles. The predicted molar refractivity (Wildman–Crippen MR) is 270 cm³/mol. The molecule has 302 valence electrons. The van der Waals surface area contributed by atoms with Gasteiger partial charge >= 0.3 is 0 Å². The Bertz CT molecular complexity index is 3850. The molecule has 0 fully saturated rings. The SMILES string of the molecule is c1ccc(C2(c3ccccc3)c3ccccc3-c3c(-c4c5cccc(-c6cccc7c6oc6ccccc67)c5cc5c(-c6cccc7c6oc6ccccc67)cccc45)cccc32)cc1. The van der Waals surface area contributed by atoms with Gasteiger partial charge in [-0.1, -0.05) is 212 Å². The second-order valence-corrected chi connectivity index (χ2v) is 17.4. The first-order chi connectivity index (χ1) is 32.3. The lowest BCUT2D eigenvalue weighted by atomic mass is 9.67. The molecule has 14 rings (SSSR count). The van der Waals surface area contributed by atoms with Crippen LogP contribution in [0, 0.1) is 0 Å². The molecule has 0 bridgehead atoms. The van der Waals surface area contributed by atoms with Crippen molar-refractivity contribution in [1.82, 2.24) is 0 Å². The summed E-state index contributed by atoms with van der Waals surface area (Å²) in [5.74, 6) is 0. The van der Waals surface area contributed by atoms with Crippen LogP contribution < -0.4 is 0 Å². The third kappa shape index (κ3) is 4.99. The van der Waals surface area contributed by atoms with Crippen molar-refractivity contribution in [3.05, 3.63) is 253 Å². The fourth-order valence-corrected chi connectivity index (χ4v) is 11.5. The first kappa shape index (κ1) is 36.1. The summed E-state index contributed by atoms with van der Waals surface area (Å²) in [6.45, 7) is 0. The van der Waals surface area contributed by atoms with Crippen molar-refractivity contribution in [3.8, 4) is 44.5 Å². The predicted octanol–water partition coefficient (Wildman–Crippen LogP) is 17.2. The summed E-state index contributed by atoms with van der Waals surface area (Å²) in [5, 5.41) is 9.16. The minimum atomic E-state index is -0.533. The summed E-state index contributed by atoms with van der Waals surface area (Å²) in [4.78, 5) is 0. The number of hydrogen-bond acceptors (Lipinski definition) is 2. The molecule has 13 aromatic rings. The second-order valence-electron chi connectivity index (χ2n) is 17.4. The lowest BCUT2D eigenvalue weighted by molar-refractivity contribution is 0.669. The van der Waals surface area contributed by atoms with E-state index in [1.54, 1.807) is 0 Å². The van der Waals surface area contributed by atoms with E-state index in [9.17, 15) is 0 Å². The average Bonchev–Trinajstić information content (AvgIpc) is 4.05. The summed E-state index contributed by atoms with van der Waals surface area (Å²) in [6, 6.07) is 84.1. The highest BCUT2D eigenvalue weighted by atomic mass is 16.3. The van der Waals surface area contributed by atoms with Gasteiger partial charge in [0.15, 0.2) is 0 Å². The van der Waals surface area contributed by atoms with Crippen LogP contribution in [0.5, 0.6) is 0 Å². The third-order valence-corrected chi connectivity index (χ3v) is 14.2. The smallest absolute Gasteiger partial charge is 0.143 e. The molecule has 0 saturated carbocycles. The fraction of sp³-hybridized carbons (Fsp3) is 0.0159. The van der Waals surface area contributed by atoms with Crippen molar-refractivity contribution in [2.45, 2.75) is 5.41 Å². The minimum absolute atomic E-state index is 0.533. The van der Waals surface area contributed by atoms with Gasteiger partial charge in [0.2, 0.25) is 0 Å². The van der Waals surface area contributed by atoms with Gasteiger partial charge in [0.05, 0.1) is 5.41 Å². The van der Waals surface area contributed by atoms with Crippen molar-refractivity contribution in [2.75, 3.05) is 0 Å². The first-order valence-electron chi connectivity index (χ1n) is 22.4. The molecule has 0 aliphatic heterocycles. The third-order valence-electron chi connectivity index (χ3n) is 14.2. The molecule has 2 nitrogen and oxygen atoms in total. The monoisotopic (exact) mass is 826 g/mol. The zero-order valence-electron chi connectivity index (χ0n) is 35.3.